The maximum atomic E-state index is 13.9. The Hall–Kier alpha value is -2.10. The third-order valence-corrected chi connectivity index (χ3v) is 6.05. The highest BCUT2D eigenvalue weighted by Crippen LogP contribution is 2.27. The summed E-state index contributed by atoms with van der Waals surface area (Å²) in [5.74, 6) is -3.50. The first-order valence-corrected chi connectivity index (χ1v) is 11.0. The van der Waals surface area contributed by atoms with Crippen molar-refractivity contribution in [1.82, 2.24) is 20.0 Å². The van der Waals surface area contributed by atoms with Gasteiger partial charge in [0.25, 0.3) is 5.91 Å². The molecule has 1 aliphatic heterocycles. The highest BCUT2D eigenvalue weighted by Gasteiger charge is 2.42. The summed E-state index contributed by atoms with van der Waals surface area (Å²) in [6, 6.07) is 3.50. The van der Waals surface area contributed by atoms with Crippen molar-refractivity contribution in [2.24, 2.45) is 0 Å². The van der Waals surface area contributed by atoms with Gasteiger partial charge in [-0.05, 0) is 42.7 Å². The Morgan fingerprint density at radius 1 is 1.28 bits per heavy atom. The molecular formula is C22H29ClF2N4O3. The maximum absolute atomic E-state index is 13.9. The van der Waals surface area contributed by atoms with Crippen molar-refractivity contribution in [3.05, 3.63) is 45.6 Å². The van der Waals surface area contributed by atoms with Crippen LogP contribution in [0.4, 0.5) is 8.78 Å². The van der Waals surface area contributed by atoms with Crippen LogP contribution < -0.4 is 0 Å². The van der Waals surface area contributed by atoms with Gasteiger partial charge >= 0.3 is 5.92 Å². The second kappa shape index (κ2) is 10.2. The molecule has 0 N–H and O–H groups in total. The molecule has 1 fully saturated rings. The number of carbonyl (C=O) groups excluding carboxylic acids is 1. The minimum Gasteiger partial charge on any atom is -0.422 e. The highest BCUT2D eigenvalue weighted by atomic mass is 35.5. The third-order valence-electron chi connectivity index (χ3n) is 5.83. The van der Waals surface area contributed by atoms with Crippen molar-refractivity contribution in [3.63, 3.8) is 0 Å². The minimum absolute atomic E-state index is 0.254. The summed E-state index contributed by atoms with van der Waals surface area (Å²) < 4.78 is 38.3. The summed E-state index contributed by atoms with van der Waals surface area (Å²) in [4.78, 5) is 15.7. The number of piperazine rings is 1. The van der Waals surface area contributed by atoms with Crippen LogP contribution in [-0.4, -0.2) is 64.6 Å². The zero-order valence-corrected chi connectivity index (χ0v) is 19.6. The van der Waals surface area contributed by atoms with E-state index in [-0.39, 0.29) is 19.2 Å². The summed E-state index contributed by atoms with van der Waals surface area (Å²) in [5.41, 5.74) is 3.07. The molecule has 1 aromatic carbocycles. The minimum atomic E-state index is -3.31. The molecule has 2 heterocycles. The predicted molar refractivity (Wildman–Crippen MR) is 116 cm³/mol. The molecule has 1 atom stereocenters. The molecular weight excluding hydrogens is 442 g/mol. The van der Waals surface area contributed by atoms with Gasteiger partial charge in [-0.15, -0.1) is 10.2 Å². The number of ether oxygens (including phenoxy) is 1. The van der Waals surface area contributed by atoms with Crippen LogP contribution in [0, 0.1) is 6.92 Å². The van der Waals surface area contributed by atoms with Crippen LogP contribution in [0.1, 0.15) is 48.7 Å². The number of alkyl halides is 2. The lowest BCUT2D eigenvalue weighted by atomic mass is 9.99. The van der Waals surface area contributed by atoms with Crippen molar-refractivity contribution in [2.45, 2.75) is 58.7 Å². The number of halogens is 3. The fourth-order valence-electron chi connectivity index (χ4n) is 3.93. The second-order valence-corrected chi connectivity index (χ2v) is 8.63. The van der Waals surface area contributed by atoms with Crippen LogP contribution >= 0.6 is 11.6 Å². The molecule has 1 aromatic heterocycles. The molecule has 0 unspecified atom stereocenters. The van der Waals surface area contributed by atoms with Crippen LogP contribution in [0.3, 0.4) is 0 Å². The van der Waals surface area contributed by atoms with Gasteiger partial charge in [0.1, 0.15) is 6.61 Å². The molecule has 1 saturated heterocycles. The average molecular weight is 471 g/mol. The van der Waals surface area contributed by atoms with E-state index in [1.54, 1.807) is 14.0 Å². The molecule has 7 nitrogen and oxygen atoms in total. The Kier molecular flexibility index (Phi) is 7.84. The predicted octanol–water partition coefficient (Wildman–Crippen LogP) is 3.85. The van der Waals surface area contributed by atoms with Gasteiger partial charge in [-0.3, -0.25) is 9.69 Å². The molecule has 3 rings (SSSR count). The number of nitrogens with zero attached hydrogens (tertiary/aromatic N) is 4. The van der Waals surface area contributed by atoms with Crippen molar-refractivity contribution in [3.8, 4) is 0 Å². The quantitative estimate of drug-likeness (QED) is 0.583. The molecule has 0 spiro atoms. The summed E-state index contributed by atoms with van der Waals surface area (Å²) >= 11 is 6.38. The molecule has 1 aliphatic rings. The number of hydrogen-bond donors (Lipinski definition) is 0. The van der Waals surface area contributed by atoms with Crippen molar-refractivity contribution < 1.29 is 22.7 Å². The zero-order valence-electron chi connectivity index (χ0n) is 18.8. The Bertz CT molecular complexity index is 953. The number of hydrogen-bond acceptors (Lipinski definition) is 6. The first-order chi connectivity index (χ1) is 15.1. The fraction of sp³-hybridized carbons (Fsp3) is 0.591. The largest absolute Gasteiger partial charge is 0.422 e. The van der Waals surface area contributed by atoms with Crippen LogP contribution in [0.5, 0.6) is 0 Å². The van der Waals surface area contributed by atoms with E-state index in [1.807, 2.05) is 19.1 Å². The molecule has 1 amide bonds. The summed E-state index contributed by atoms with van der Waals surface area (Å²) in [7, 11) is 1.56. The number of amides is 1. The summed E-state index contributed by atoms with van der Waals surface area (Å²) in [5, 5.41) is 8.61. The fourth-order valence-corrected chi connectivity index (χ4v) is 4.19. The molecule has 0 radical (unpaired) electrons. The SMILES string of the molecule is CCC(F)(F)C(=O)N1CCN(Cc2cc(Cl)cc(Cc3nnc(COC)o3)c2C)C[C@@H]1C. The van der Waals surface area contributed by atoms with E-state index in [1.165, 1.54) is 11.8 Å². The van der Waals surface area contributed by atoms with E-state index in [9.17, 15) is 13.6 Å². The van der Waals surface area contributed by atoms with Crippen LogP contribution in [0.15, 0.2) is 16.5 Å². The molecule has 0 bridgehead atoms. The molecule has 10 heteroatoms. The third kappa shape index (κ3) is 5.63. The Balaban J connectivity index is 1.69. The summed E-state index contributed by atoms with van der Waals surface area (Å²) in [6.07, 6.45) is -0.0445. The number of carbonyl (C=O) groups is 1. The van der Waals surface area contributed by atoms with E-state index >= 15 is 0 Å². The normalized spacial score (nSPS) is 17.7. The van der Waals surface area contributed by atoms with E-state index in [2.05, 4.69) is 15.1 Å². The number of aromatic nitrogens is 2. The molecule has 32 heavy (non-hydrogen) atoms. The summed E-state index contributed by atoms with van der Waals surface area (Å²) in [6.45, 7) is 7.30. The number of benzene rings is 1. The van der Waals surface area contributed by atoms with Crippen LogP contribution in [0.25, 0.3) is 0 Å². The second-order valence-electron chi connectivity index (χ2n) is 8.19. The smallest absolute Gasteiger partial charge is 0.324 e. The number of methoxy groups -OCH3 is 1. The average Bonchev–Trinajstić information content (AvgIpc) is 3.18. The van der Waals surface area contributed by atoms with Gasteiger partial charge in [0.2, 0.25) is 11.8 Å². The van der Waals surface area contributed by atoms with Crippen LogP contribution in [0.2, 0.25) is 5.02 Å². The van der Waals surface area contributed by atoms with Gasteiger partial charge in [-0.1, -0.05) is 18.5 Å². The molecule has 2 aromatic rings. The van der Waals surface area contributed by atoms with Gasteiger partial charge in [-0.25, -0.2) is 0 Å². The van der Waals surface area contributed by atoms with E-state index in [0.29, 0.717) is 42.9 Å². The van der Waals surface area contributed by atoms with Crippen molar-refractivity contribution in [1.29, 1.82) is 0 Å². The Morgan fingerprint density at radius 2 is 1.97 bits per heavy atom. The topological polar surface area (TPSA) is 71.7 Å². The standard InChI is InChI=1S/C22H29ClF2N4O3/c1-5-22(24,25)21(30)29-7-6-28(11-14(29)2)12-17-9-18(23)8-16(15(17)3)10-19-26-27-20(32-19)13-31-4/h8-9,14H,5-7,10-13H2,1-4H3/t14-/m0/s1. The van der Waals surface area contributed by atoms with E-state index in [4.69, 9.17) is 20.8 Å². The van der Waals surface area contributed by atoms with Gasteiger partial charge < -0.3 is 14.1 Å². The van der Waals surface area contributed by atoms with Crippen molar-refractivity contribution in [2.75, 3.05) is 26.7 Å². The lowest BCUT2D eigenvalue weighted by molar-refractivity contribution is -0.162. The maximum Gasteiger partial charge on any atom is 0.324 e. The highest BCUT2D eigenvalue weighted by molar-refractivity contribution is 6.30. The first kappa shape index (κ1) is 24.5. The van der Waals surface area contributed by atoms with Gasteiger partial charge in [0.05, 0.1) is 6.42 Å². The Morgan fingerprint density at radius 3 is 2.62 bits per heavy atom. The molecule has 0 saturated carbocycles. The van der Waals surface area contributed by atoms with Gasteiger partial charge in [-0.2, -0.15) is 8.78 Å². The van der Waals surface area contributed by atoms with Crippen molar-refractivity contribution >= 4 is 17.5 Å². The lowest BCUT2D eigenvalue weighted by Gasteiger charge is -2.41. The monoisotopic (exact) mass is 470 g/mol. The number of rotatable bonds is 8. The molecule has 176 valence electrons. The first-order valence-electron chi connectivity index (χ1n) is 10.6. The molecule has 0 aliphatic carbocycles. The van der Waals surface area contributed by atoms with Crippen LogP contribution in [-0.2, 0) is 29.1 Å². The Labute approximate surface area is 191 Å². The lowest BCUT2D eigenvalue weighted by Crippen LogP contribution is -2.57. The van der Waals surface area contributed by atoms with Gasteiger partial charge in [0.15, 0.2) is 0 Å². The van der Waals surface area contributed by atoms with E-state index in [0.717, 1.165) is 16.7 Å². The zero-order chi connectivity index (χ0) is 23.5. The van der Waals surface area contributed by atoms with E-state index < -0.39 is 18.3 Å². The van der Waals surface area contributed by atoms with Gasteiger partial charge in [0, 0.05) is 50.8 Å².